The number of rotatable bonds is 12. The maximum absolute atomic E-state index is 9.18. The first-order chi connectivity index (χ1) is 14.0. The van der Waals surface area contributed by atoms with E-state index in [2.05, 4.69) is 69.3 Å². The Bertz CT molecular complexity index is 543. The van der Waals surface area contributed by atoms with Gasteiger partial charge in [0.25, 0.3) is 6.47 Å². The molecule has 0 bridgehead atoms. The first-order valence-corrected chi connectivity index (χ1v) is 11.3. The molecule has 0 aliphatic rings. The van der Waals surface area contributed by atoms with Crippen LogP contribution in [0.1, 0.15) is 92.6 Å². The minimum Gasteiger partial charge on any atom is -0.468 e. The van der Waals surface area contributed by atoms with Crippen LogP contribution in [0.15, 0.2) is 47.6 Å². The van der Waals surface area contributed by atoms with Gasteiger partial charge in [0.15, 0.2) is 0 Å². The van der Waals surface area contributed by atoms with Gasteiger partial charge in [-0.2, -0.15) is 0 Å². The van der Waals surface area contributed by atoms with Crippen LogP contribution in [0.2, 0.25) is 0 Å². The van der Waals surface area contributed by atoms with E-state index in [4.69, 9.17) is 4.99 Å². The predicted molar refractivity (Wildman–Crippen MR) is 129 cm³/mol. The molecule has 0 radical (unpaired) electrons. The lowest BCUT2D eigenvalue weighted by Gasteiger charge is -2.31. The number of ether oxygens (including phenoxy) is 1. The van der Waals surface area contributed by atoms with E-state index in [9.17, 15) is 4.79 Å². The van der Waals surface area contributed by atoms with Crippen molar-refractivity contribution in [3.8, 4) is 0 Å². The molecule has 1 aromatic rings. The normalized spacial score (nSPS) is 10.8. The van der Waals surface area contributed by atoms with E-state index in [0.29, 0.717) is 13.1 Å². The Labute approximate surface area is 180 Å². The van der Waals surface area contributed by atoms with Crippen LogP contribution in [-0.2, 0) is 16.0 Å². The zero-order chi connectivity index (χ0) is 22.5. The molecule has 3 nitrogen and oxygen atoms in total. The van der Waals surface area contributed by atoms with E-state index in [1.54, 1.807) is 6.92 Å². The van der Waals surface area contributed by atoms with Crippen LogP contribution >= 0.6 is 0 Å². The molecule has 0 amide bonds. The van der Waals surface area contributed by atoms with Gasteiger partial charge in [0.2, 0.25) is 0 Å². The molecular formula is C26H45NO2. The Morgan fingerprint density at radius 3 is 1.97 bits per heavy atom. The smallest absolute Gasteiger partial charge is 0.293 e. The molecule has 0 fully saturated rings. The van der Waals surface area contributed by atoms with E-state index < -0.39 is 0 Å². The summed E-state index contributed by atoms with van der Waals surface area (Å²) in [5, 5.41) is 0. The molecule has 0 unspecified atom stereocenters. The molecule has 0 spiro atoms. The first kappa shape index (κ1) is 29.3. The Balaban J connectivity index is 0. The Kier molecular flexibility index (Phi) is 19.6. The third kappa shape index (κ3) is 13.8. The molecular weight excluding hydrogens is 358 g/mol. The number of hydrogen-bond donors (Lipinski definition) is 0. The number of carbonyl (C=O) groups is 1. The van der Waals surface area contributed by atoms with Crippen molar-refractivity contribution in [2.45, 2.75) is 93.4 Å². The summed E-state index contributed by atoms with van der Waals surface area (Å²) in [5.41, 5.74) is 3.88. The van der Waals surface area contributed by atoms with Gasteiger partial charge in [0.1, 0.15) is 0 Å². The molecule has 0 N–H and O–H groups in total. The van der Waals surface area contributed by atoms with Crippen molar-refractivity contribution in [3.63, 3.8) is 0 Å². The number of hydrogen-bond acceptors (Lipinski definition) is 3. The van der Waals surface area contributed by atoms with E-state index in [1.165, 1.54) is 37.0 Å². The monoisotopic (exact) mass is 403 g/mol. The highest BCUT2D eigenvalue weighted by atomic mass is 16.5. The summed E-state index contributed by atoms with van der Waals surface area (Å²) in [6.45, 7) is 20.1. The molecule has 0 aliphatic heterocycles. The summed E-state index contributed by atoms with van der Waals surface area (Å²) >= 11 is 0. The van der Waals surface area contributed by atoms with Gasteiger partial charge < -0.3 is 4.74 Å². The third-order valence-electron chi connectivity index (χ3n) is 4.57. The summed E-state index contributed by atoms with van der Waals surface area (Å²) in [4.78, 5) is 14.2. The lowest BCUT2D eigenvalue weighted by molar-refractivity contribution is -0.128. The zero-order valence-electron chi connectivity index (χ0n) is 20.1. The molecule has 3 heteroatoms. The van der Waals surface area contributed by atoms with Crippen molar-refractivity contribution in [3.05, 3.63) is 48.2 Å². The fourth-order valence-electron chi connectivity index (χ4n) is 3.38. The molecule has 0 aliphatic carbocycles. The zero-order valence-corrected chi connectivity index (χ0v) is 20.1. The minimum atomic E-state index is 0.235. The molecule has 0 atom stereocenters. The fraction of sp³-hybridized carbons (Fsp3) is 0.615. The standard InChI is InChI=1S/C21H33N.C3H6O2.C2H6/c1-6-12-20(21(5,15-7-2)16-8-3)22-18(4)17-19-13-10-9-11-14-19;1-2-5-3-4;1-2/h9-11,13-14H,4,6-8,12,15-17H2,1-3,5H3;3H,2H2,1H3;1-2H3. The Morgan fingerprint density at radius 2 is 1.59 bits per heavy atom. The lowest BCUT2D eigenvalue weighted by atomic mass is 9.75. The molecule has 29 heavy (non-hydrogen) atoms. The molecule has 0 saturated carbocycles. The van der Waals surface area contributed by atoms with Gasteiger partial charge in [-0.1, -0.05) is 97.7 Å². The highest BCUT2D eigenvalue weighted by Gasteiger charge is 2.28. The average molecular weight is 404 g/mol. The number of aliphatic imine (C=N–C) groups is 1. The summed E-state index contributed by atoms with van der Waals surface area (Å²) in [6.07, 6.45) is 7.96. The van der Waals surface area contributed by atoms with Crippen LogP contribution in [0, 0.1) is 5.41 Å². The van der Waals surface area contributed by atoms with Crippen LogP contribution in [0.3, 0.4) is 0 Å². The molecule has 0 aromatic heterocycles. The van der Waals surface area contributed by atoms with Crippen LogP contribution in [0.4, 0.5) is 0 Å². The van der Waals surface area contributed by atoms with Crippen molar-refractivity contribution >= 4 is 12.2 Å². The van der Waals surface area contributed by atoms with Gasteiger partial charge in [0, 0.05) is 23.2 Å². The summed E-state index contributed by atoms with van der Waals surface area (Å²) in [6, 6.07) is 10.5. The average Bonchev–Trinajstić information content (AvgIpc) is 2.71. The van der Waals surface area contributed by atoms with Gasteiger partial charge in [0.05, 0.1) is 6.61 Å². The SMILES string of the molecule is C=C(Cc1ccccc1)N=C(CCC)C(C)(CCC)CCC.CC.CCOC=O. The first-order valence-electron chi connectivity index (χ1n) is 11.3. The van der Waals surface area contributed by atoms with Crippen molar-refractivity contribution in [1.29, 1.82) is 0 Å². The molecule has 166 valence electrons. The summed E-state index contributed by atoms with van der Waals surface area (Å²) in [7, 11) is 0. The molecule has 0 saturated heterocycles. The highest BCUT2D eigenvalue weighted by Crippen LogP contribution is 2.33. The second-order valence-electron chi connectivity index (χ2n) is 7.15. The molecule has 1 rings (SSSR count). The van der Waals surface area contributed by atoms with Crippen LogP contribution < -0.4 is 0 Å². The third-order valence-corrected chi connectivity index (χ3v) is 4.57. The second kappa shape index (κ2) is 19.4. The number of carbonyl (C=O) groups excluding carboxylic acids is 1. The van der Waals surface area contributed by atoms with Crippen molar-refractivity contribution in [2.24, 2.45) is 10.4 Å². The van der Waals surface area contributed by atoms with Crippen molar-refractivity contribution in [1.82, 2.24) is 0 Å². The van der Waals surface area contributed by atoms with Crippen molar-refractivity contribution < 1.29 is 9.53 Å². The molecule has 0 heterocycles. The van der Waals surface area contributed by atoms with E-state index >= 15 is 0 Å². The minimum absolute atomic E-state index is 0.235. The van der Waals surface area contributed by atoms with Gasteiger partial charge in [-0.3, -0.25) is 9.79 Å². The summed E-state index contributed by atoms with van der Waals surface area (Å²) in [5.74, 6) is 0. The number of nitrogens with zero attached hydrogens (tertiary/aromatic N) is 1. The van der Waals surface area contributed by atoms with E-state index in [1.807, 2.05) is 13.8 Å². The maximum Gasteiger partial charge on any atom is 0.293 e. The van der Waals surface area contributed by atoms with Gasteiger partial charge >= 0.3 is 0 Å². The summed E-state index contributed by atoms with van der Waals surface area (Å²) < 4.78 is 4.15. The largest absolute Gasteiger partial charge is 0.468 e. The van der Waals surface area contributed by atoms with Gasteiger partial charge in [-0.25, -0.2) is 0 Å². The van der Waals surface area contributed by atoms with Crippen LogP contribution in [0.5, 0.6) is 0 Å². The van der Waals surface area contributed by atoms with Gasteiger partial charge in [-0.05, 0) is 31.7 Å². The Morgan fingerprint density at radius 1 is 1.03 bits per heavy atom. The fourth-order valence-corrected chi connectivity index (χ4v) is 3.38. The Hall–Kier alpha value is -1.90. The second-order valence-corrected chi connectivity index (χ2v) is 7.15. The quantitative estimate of drug-likeness (QED) is 0.264. The van der Waals surface area contributed by atoms with Gasteiger partial charge in [-0.15, -0.1) is 0 Å². The van der Waals surface area contributed by atoms with Crippen LogP contribution in [0.25, 0.3) is 0 Å². The number of benzene rings is 1. The lowest BCUT2D eigenvalue weighted by Crippen LogP contribution is -2.28. The predicted octanol–water partition coefficient (Wildman–Crippen LogP) is 7.80. The maximum atomic E-state index is 9.18. The van der Waals surface area contributed by atoms with E-state index in [0.717, 1.165) is 25.0 Å². The molecule has 1 aromatic carbocycles. The number of allylic oxidation sites excluding steroid dienone is 1. The topological polar surface area (TPSA) is 38.7 Å². The van der Waals surface area contributed by atoms with Crippen molar-refractivity contribution in [2.75, 3.05) is 6.61 Å². The van der Waals surface area contributed by atoms with Crippen LogP contribution in [-0.4, -0.2) is 18.8 Å². The van der Waals surface area contributed by atoms with E-state index in [-0.39, 0.29) is 5.41 Å². The highest BCUT2D eigenvalue weighted by molar-refractivity contribution is 5.90.